The summed E-state index contributed by atoms with van der Waals surface area (Å²) in [5.41, 5.74) is 2.58. The summed E-state index contributed by atoms with van der Waals surface area (Å²) < 4.78 is 5.33. The number of nitrogens with zero attached hydrogens (tertiary/aromatic N) is 4. The number of hydrogen-bond donors (Lipinski definition) is 1. The molecule has 0 bridgehead atoms. The van der Waals surface area contributed by atoms with E-state index in [1.54, 1.807) is 19.5 Å². The van der Waals surface area contributed by atoms with Crippen molar-refractivity contribution in [3.63, 3.8) is 0 Å². The third-order valence-electron chi connectivity index (χ3n) is 4.10. The van der Waals surface area contributed by atoms with E-state index in [0.29, 0.717) is 11.8 Å². The number of anilines is 1. The van der Waals surface area contributed by atoms with Gasteiger partial charge in [-0.15, -0.1) is 0 Å². The van der Waals surface area contributed by atoms with Crippen molar-refractivity contribution < 1.29 is 4.74 Å². The summed E-state index contributed by atoms with van der Waals surface area (Å²) in [6.45, 7) is 4.08. The third-order valence-corrected chi connectivity index (χ3v) is 4.10. The average molecular weight is 287 g/mol. The minimum atomic E-state index is 0.461. The van der Waals surface area contributed by atoms with Gasteiger partial charge in [-0.05, 0) is 24.8 Å². The molecule has 0 saturated carbocycles. The molecule has 112 valence electrons. The van der Waals surface area contributed by atoms with E-state index in [0.717, 1.165) is 31.7 Å². The predicted molar refractivity (Wildman–Crippen MR) is 80.7 cm³/mol. The van der Waals surface area contributed by atoms with Gasteiger partial charge in [-0.2, -0.15) is 5.10 Å². The van der Waals surface area contributed by atoms with Crippen LogP contribution in [0.1, 0.15) is 36.9 Å². The second-order valence-corrected chi connectivity index (χ2v) is 5.34. The number of piperidine rings is 1. The van der Waals surface area contributed by atoms with E-state index in [9.17, 15) is 0 Å². The van der Waals surface area contributed by atoms with Gasteiger partial charge in [-0.3, -0.25) is 5.10 Å². The molecule has 1 aliphatic rings. The predicted octanol–water partition coefficient (Wildman–Crippen LogP) is 2.15. The SMILES string of the molecule is CCc1cn[nH]c1C1CCCN(c2nccnc2OC)C1. The van der Waals surface area contributed by atoms with Crippen LogP contribution in [-0.2, 0) is 6.42 Å². The Hall–Kier alpha value is -2.11. The van der Waals surface area contributed by atoms with Gasteiger partial charge in [-0.1, -0.05) is 6.92 Å². The Bertz CT molecular complexity index is 597. The van der Waals surface area contributed by atoms with Crippen LogP contribution in [0.5, 0.6) is 5.88 Å². The minimum absolute atomic E-state index is 0.461. The Morgan fingerprint density at radius 2 is 2.24 bits per heavy atom. The molecule has 2 aromatic heterocycles. The summed E-state index contributed by atoms with van der Waals surface area (Å²) in [4.78, 5) is 11.0. The van der Waals surface area contributed by atoms with Gasteiger partial charge >= 0.3 is 0 Å². The fraction of sp³-hybridized carbons (Fsp3) is 0.533. The summed E-state index contributed by atoms with van der Waals surface area (Å²) in [5.74, 6) is 1.89. The third kappa shape index (κ3) is 2.70. The van der Waals surface area contributed by atoms with Crippen molar-refractivity contribution >= 4 is 5.82 Å². The summed E-state index contributed by atoms with van der Waals surface area (Å²) in [6.07, 6.45) is 8.64. The minimum Gasteiger partial charge on any atom is -0.478 e. The van der Waals surface area contributed by atoms with Gasteiger partial charge in [0, 0.05) is 37.1 Å². The maximum Gasteiger partial charge on any atom is 0.257 e. The number of aromatic amines is 1. The van der Waals surface area contributed by atoms with Gasteiger partial charge in [0.05, 0.1) is 13.3 Å². The van der Waals surface area contributed by atoms with Crippen molar-refractivity contribution in [1.29, 1.82) is 0 Å². The highest BCUT2D eigenvalue weighted by atomic mass is 16.5. The second kappa shape index (κ2) is 6.11. The van der Waals surface area contributed by atoms with Crippen molar-refractivity contribution in [3.8, 4) is 5.88 Å². The van der Waals surface area contributed by atoms with E-state index in [2.05, 4.69) is 32.0 Å². The smallest absolute Gasteiger partial charge is 0.257 e. The van der Waals surface area contributed by atoms with Crippen molar-refractivity contribution in [1.82, 2.24) is 20.2 Å². The fourth-order valence-corrected chi connectivity index (χ4v) is 3.04. The maximum absolute atomic E-state index is 5.33. The molecule has 2 aromatic rings. The van der Waals surface area contributed by atoms with Crippen molar-refractivity contribution in [2.45, 2.75) is 32.1 Å². The lowest BCUT2D eigenvalue weighted by Gasteiger charge is -2.33. The molecule has 1 N–H and O–H groups in total. The largest absolute Gasteiger partial charge is 0.478 e. The molecular weight excluding hydrogens is 266 g/mol. The Kier molecular flexibility index (Phi) is 4.03. The quantitative estimate of drug-likeness (QED) is 0.933. The van der Waals surface area contributed by atoms with Crippen LogP contribution in [-0.4, -0.2) is 40.4 Å². The van der Waals surface area contributed by atoms with Gasteiger partial charge in [0.25, 0.3) is 5.88 Å². The highest BCUT2D eigenvalue weighted by Gasteiger charge is 2.26. The number of ether oxygens (including phenoxy) is 1. The van der Waals surface area contributed by atoms with E-state index in [-0.39, 0.29) is 0 Å². The first-order valence-electron chi connectivity index (χ1n) is 7.45. The van der Waals surface area contributed by atoms with E-state index in [1.807, 2.05) is 6.20 Å². The molecule has 1 aliphatic heterocycles. The summed E-state index contributed by atoms with van der Waals surface area (Å²) in [7, 11) is 1.64. The Balaban J connectivity index is 1.83. The number of methoxy groups -OCH3 is 1. The summed E-state index contributed by atoms with van der Waals surface area (Å²) >= 11 is 0. The molecule has 0 amide bonds. The van der Waals surface area contributed by atoms with Crippen LogP contribution in [0, 0.1) is 0 Å². The van der Waals surface area contributed by atoms with E-state index in [4.69, 9.17) is 4.74 Å². The van der Waals surface area contributed by atoms with Gasteiger partial charge in [0.15, 0.2) is 5.82 Å². The Labute approximate surface area is 124 Å². The molecule has 0 radical (unpaired) electrons. The first-order chi connectivity index (χ1) is 10.3. The molecule has 1 atom stereocenters. The maximum atomic E-state index is 5.33. The number of rotatable bonds is 4. The van der Waals surface area contributed by atoms with Gasteiger partial charge < -0.3 is 9.64 Å². The number of nitrogens with one attached hydrogen (secondary N) is 1. The van der Waals surface area contributed by atoms with Crippen molar-refractivity contribution in [2.24, 2.45) is 0 Å². The second-order valence-electron chi connectivity index (χ2n) is 5.34. The van der Waals surface area contributed by atoms with Gasteiger partial charge in [0.2, 0.25) is 0 Å². The van der Waals surface area contributed by atoms with Crippen molar-refractivity contribution in [3.05, 3.63) is 29.8 Å². The molecule has 6 nitrogen and oxygen atoms in total. The molecule has 21 heavy (non-hydrogen) atoms. The van der Waals surface area contributed by atoms with Crippen LogP contribution in [0.3, 0.4) is 0 Å². The summed E-state index contributed by atoms with van der Waals surface area (Å²) in [6, 6.07) is 0. The number of aryl methyl sites for hydroxylation is 1. The summed E-state index contributed by atoms with van der Waals surface area (Å²) in [5, 5.41) is 7.39. The monoisotopic (exact) mass is 287 g/mol. The highest BCUT2D eigenvalue weighted by molar-refractivity contribution is 5.48. The first kappa shape index (κ1) is 13.9. The zero-order valence-electron chi connectivity index (χ0n) is 12.5. The molecule has 1 saturated heterocycles. The molecule has 6 heteroatoms. The molecule has 0 aliphatic carbocycles. The lowest BCUT2D eigenvalue weighted by Crippen LogP contribution is -2.35. The lowest BCUT2D eigenvalue weighted by molar-refractivity contribution is 0.391. The number of aromatic nitrogens is 4. The van der Waals surface area contributed by atoms with E-state index >= 15 is 0 Å². The van der Waals surface area contributed by atoms with E-state index < -0.39 is 0 Å². The zero-order chi connectivity index (χ0) is 14.7. The highest BCUT2D eigenvalue weighted by Crippen LogP contribution is 2.32. The van der Waals surface area contributed by atoms with Gasteiger partial charge in [0.1, 0.15) is 0 Å². The lowest BCUT2D eigenvalue weighted by atomic mass is 9.92. The van der Waals surface area contributed by atoms with Crippen LogP contribution in [0.25, 0.3) is 0 Å². The standard InChI is InChI=1S/C15H21N5O/c1-3-11-9-18-19-13(11)12-5-4-8-20(10-12)14-15(21-2)17-7-6-16-14/h6-7,9,12H,3-5,8,10H2,1-2H3,(H,18,19). The topological polar surface area (TPSA) is 66.9 Å². The average Bonchev–Trinajstić information content (AvgIpc) is 3.03. The van der Waals surface area contributed by atoms with Crippen LogP contribution in [0.15, 0.2) is 18.6 Å². The number of hydrogen-bond acceptors (Lipinski definition) is 5. The normalized spacial score (nSPS) is 18.8. The van der Waals surface area contributed by atoms with Gasteiger partial charge in [-0.25, -0.2) is 9.97 Å². The molecule has 0 aromatic carbocycles. The molecule has 1 fully saturated rings. The van der Waals surface area contributed by atoms with Crippen LogP contribution >= 0.6 is 0 Å². The molecule has 3 heterocycles. The molecule has 1 unspecified atom stereocenters. The van der Waals surface area contributed by atoms with Crippen LogP contribution in [0.2, 0.25) is 0 Å². The first-order valence-corrected chi connectivity index (χ1v) is 7.45. The number of H-pyrrole nitrogens is 1. The van der Waals surface area contributed by atoms with Crippen LogP contribution < -0.4 is 9.64 Å². The molecule has 0 spiro atoms. The van der Waals surface area contributed by atoms with Crippen LogP contribution in [0.4, 0.5) is 5.82 Å². The zero-order valence-corrected chi connectivity index (χ0v) is 12.5. The Morgan fingerprint density at radius 3 is 3.05 bits per heavy atom. The Morgan fingerprint density at radius 1 is 1.38 bits per heavy atom. The van der Waals surface area contributed by atoms with E-state index in [1.165, 1.54) is 17.7 Å². The molecular formula is C15H21N5O. The fourth-order valence-electron chi connectivity index (χ4n) is 3.04. The van der Waals surface area contributed by atoms with Crippen molar-refractivity contribution in [2.75, 3.05) is 25.1 Å². The molecule has 3 rings (SSSR count).